The van der Waals surface area contributed by atoms with E-state index in [1.165, 1.54) is 0 Å². The minimum absolute atomic E-state index is 0.124. The number of amides is 2. The number of hydrogen-bond donors (Lipinski definition) is 2. The number of nitrogens with one attached hydrogen (secondary N) is 2. The molecule has 0 bridgehead atoms. The number of ether oxygens (including phenoxy) is 1. The van der Waals surface area contributed by atoms with Crippen molar-refractivity contribution in [3.05, 3.63) is 52.5 Å². The molecular weight excluding hydrogens is 398 g/mol. The summed E-state index contributed by atoms with van der Waals surface area (Å²) in [6.07, 6.45) is -0.656. The molecule has 0 radical (unpaired) electrons. The molecular formula is C19H20BrN3O3. The molecule has 26 heavy (non-hydrogen) atoms. The summed E-state index contributed by atoms with van der Waals surface area (Å²) in [5.41, 5.74) is 2.61. The van der Waals surface area contributed by atoms with Gasteiger partial charge in [0, 0.05) is 17.2 Å². The first-order valence-corrected chi connectivity index (χ1v) is 9.05. The molecule has 7 heteroatoms. The third-order valence-corrected chi connectivity index (χ3v) is 5.04. The number of aryl methyl sites for hydroxylation is 1. The van der Waals surface area contributed by atoms with E-state index in [9.17, 15) is 9.59 Å². The Hall–Kier alpha value is -2.54. The molecule has 0 fully saturated rings. The monoisotopic (exact) mass is 417 g/mol. The Balaban J connectivity index is 1.75. The van der Waals surface area contributed by atoms with Gasteiger partial charge in [-0.15, -0.1) is 0 Å². The molecule has 0 aromatic heterocycles. The van der Waals surface area contributed by atoms with Gasteiger partial charge < -0.3 is 20.3 Å². The van der Waals surface area contributed by atoms with E-state index >= 15 is 0 Å². The highest BCUT2D eigenvalue weighted by Gasteiger charge is 2.30. The van der Waals surface area contributed by atoms with Crippen molar-refractivity contribution in [2.45, 2.75) is 13.0 Å². The number of anilines is 2. The normalized spacial score (nSPS) is 15.7. The Kier molecular flexibility index (Phi) is 5.46. The van der Waals surface area contributed by atoms with E-state index in [1.807, 2.05) is 48.2 Å². The summed E-state index contributed by atoms with van der Waals surface area (Å²) in [4.78, 5) is 26.4. The Morgan fingerprint density at radius 1 is 1.27 bits per heavy atom. The molecule has 1 heterocycles. The van der Waals surface area contributed by atoms with Crippen LogP contribution >= 0.6 is 15.9 Å². The van der Waals surface area contributed by atoms with Crippen LogP contribution in [0.5, 0.6) is 5.75 Å². The second-order valence-corrected chi connectivity index (χ2v) is 6.94. The number of fused-ring (bicyclic) bond motifs is 1. The van der Waals surface area contributed by atoms with E-state index in [-0.39, 0.29) is 18.4 Å². The van der Waals surface area contributed by atoms with Crippen LogP contribution in [0.4, 0.5) is 11.4 Å². The number of hydrogen-bond acceptors (Lipinski definition) is 4. The maximum Gasteiger partial charge on any atom is 0.262 e. The van der Waals surface area contributed by atoms with E-state index < -0.39 is 6.10 Å². The summed E-state index contributed by atoms with van der Waals surface area (Å²) in [7, 11) is 1.57. The molecule has 0 aliphatic carbocycles. The lowest BCUT2D eigenvalue weighted by Gasteiger charge is -2.35. The zero-order chi connectivity index (χ0) is 18.7. The molecule has 0 spiro atoms. The molecule has 0 unspecified atom stereocenters. The van der Waals surface area contributed by atoms with Crippen LogP contribution in [0, 0.1) is 6.92 Å². The van der Waals surface area contributed by atoms with Crippen LogP contribution < -0.4 is 20.3 Å². The first kappa shape index (κ1) is 18.3. The molecule has 2 amide bonds. The summed E-state index contributed by atoms with van der Waals surface area (Å²) in [5, 5.41) is 5.49. The van der Waals surface area contributed by atoms with Crippen molar-refractivity contribution >= 4 is 39.1 Å². The van der Waals surface area contributed by atoms with Crippen LogP contribution in [0.2, 0.25) is 0 Å². The van der Waals surface area contributed by atoms with E-state index in [0.717, 1.165) is 21.4 Å². The standard InChI is InChI=1S/C19H20BrN3O3/c1-12-7-8-13(9-14(12)20)22-18(24)11-23-10-17(19(25)21-2)26-16-6-4-3-5-15(16)23/h3-9,17H,10-11H2,1-2H3,(H,21,25)(H,22,24)/t17-/m1/s1. The number of carbonyl (C=O) groups is 2. The lowest BCUT2D eigenvalue weighted by molar-refractivity contribution is -0.127. The van der Waals surface area contributed by atoms with Crippen molar-refractivity contribution in [2.75, 3.05) is 30.4 Å². The highest BCUT2D eigenvalue weighted by molar-refractivity contribution is 9.10. The van der Waals surface area contributed by atoms with Gasteiger partial charge >= 0.3 is 0 Å². The Morgan fingerprint density at radius 2 is 2.04 bits per heavy atom. The van der Waals surface area contributed by atoms with Crippen LogP contribution in [0.25, 0.3) is 0 Å². The second kappa shape index (κ2) is 7.78. The molecule has 3 rings (SSSR count). The van der Waals surface area contributed by atoms with E-state index in [0.29, 0.717) is 12.3 Å². The topological polar surface area (TPSA) is 70.7 Å². The number of halogens is 1. The average Bonchev–Trinajstić information content (AvgIpc) is 2.64. The fraction of sp³-hybridized carbons (Fsp3) is 0.263. The van der Waals surface area contributed by atoms with Crippen molar-refractivity contribution in [1.82, 2.24) is 5.32 Å². The highest BCUT2D eigenvalue weighted by Crippen LogP contribution is 2.33. The van der Waals surface area contributed by atoms with Gasteiger partial charge in [0.2, 0.25) is 5.91 Å². The van der Waals surface area contributed by atoms with Crippen molar-refractivity contribution in [3.8, 4) is 5.75 Å². The average molecular weight is 418 g/mol. The van der Waals surface area contributed by atoms with Gasteiger partial charge in [0.15, 0.2) is 6.10 Å². The largest absolute Gasteiger partial charge is 0.477 e. The van der Waals surface area contributed by atoms with Crippen LogP contribution in [-0.4, -0.2) is 38.1 Å². The van der Waals surface area contributed by atoms with Gasteiger partial charge in [-0.3, -0.25) is 9.59 Å². The van der Waals surface area contributed by atoms with Crippen molar-refractivity contribution in [1.29, 1.82) is 0 Å². The van der Waals surface area contributed by atoms with Crippen molar-refractivity contribution in [3.63, 3.8) is 0 Å². The minimum atomic E-state index is -0.656. The fourth-order valence-corrected chi connectivity index (χ4v) is 3.18. The Morgan fingerprint density at radius 3 is 2.77 bits per heavy atom. The zero-order valence-corrected chi connectivity index (χ0v) is 16.2. The van der Waals surface area contributed by atoms with Crippen molar-refractivity contribution < 1.29 is 14.3 Å². The van der Waals surface area contributed by atoms with Crippen LogP contribution in [0.15, 0.2) is 46.9 Å². The van der Waals surface area contributed by atoms with Gasteiger partial charge in [-0.1, -0.05) is 34.1 Å². The maximum absolute atomic E-state index is 12.5. The van der Waals surface area contributed by atoms with Crippen LogP contribution in [-0.2, 0) is 9.59 Å². The van der Waals surface area contributed by atoms with E-state index in [1.54, 1.807) is 13.1 Å². The summed E-state index contributed by atoms with van der Waals surface area (Å²) in [6.45, 7) is 2.42. The minimum Gasteiger partial charge on any atom is -0.477 e. The molecule has 136 valence electrons. The first-order valence-electron chi connectivity index (χ1n) is 8.26. The highest BCUT2D eigenvalue weighted by atomic mass is 79.9. The Labute approximate surface area is 160 Å². The van der Waals surface area contributed by atoms with E-state index in [2.05, 4.69) is 26.6 Å². The lowest BCUT2D eigenvalue weighted by atomic mass is 10.1. The van der Waals surface area contributed by atoms with Gasteiger partial charge in [0.1, 0.15) is 5.75 Å². The number of para-hydroxylation sites is 2. The molecule has 2 aromatic carbocycles. The lowest BCUT2D eigenvalue weighted by Crippen LogP contribution is -2.50. The summed E-state index contributed by atoms with van der Waals surface area (Å²) < 4.78 is 6.69. The van der Waals surface area contributed by atoms with Gasteiger partial charge in [0.05, 0.1) is 18.8 Å². The van der Waals surface area contributed by atoms with Gasteiger partial charge in [-0.2, -0.15) is 0 Å². The van der Waals surface area contributed by atoms with Crippen molar-refractivity contribution in [2.24, 2.45) is 0 Å². The van der Waals surface area contributed by atoms with Crippen LogP contribution in [0.1, 0.15) is 5.56 Å². The molecule has 0 saturated heterocycles. The summed E-state index contributed by atoms with van der Waals surface area (Å²) in [5.74, 6) is 0.221. The molecule has 1 aliphatic heterocycles. The predicted octanol–water partition coefficient (Wildman–Crippen LogP) is 2.71. The third-order valence-electron chi connectivity index (χ3n) is 4.19. The van der Waals surface area contributed by atoms with E-state index in [4.69, 9.17) is 4.74 Å². The van der Waals surface area contributed by atoms with Crippen LogP contribution in [0.3, 0.4) is 0 Å². The van der Waals surface area contributed by atoms with Gasteiger partial charge in [-0.05, 0) is 36.8 Å². The third kappa shape index (κ3) is 3.99. The molecule has 0 saturated carbocycles. The smallest absolute Gasteiger partial charge is 0.262 e. The molecule has 2 N–H and O–H groups in total. The number of rotatable bonds is 4. The fourth-order valence-electron chi connectivity index (χ4n) is 2.80. The SMILES string of the molecule is CNC(=O)[C@H]1CN(CC(=O)Nc2ccc(C)c(Br)c2)c2ccccc2O1. The zero-order valence-electron chi connectivity index (χ0n) is 14.6. The molecule has 6 nitrogen and oxygen atoms in total. The quantitative estimate of drug-likeness (QED) is 0.801. The summed E-state index contributed by atoms with van der Waals surface area (Å²) >= 11 is 3.46. The number of nitrogens with zero attached hydrogens (tertiary/aromatic N) is 1. The number of carbonyl (C=O) groups excluding carboxylic acids is 2. The maximum atomic E-state index is 12.5. The predicted molar refractivity (Wildman–Crippen MR) is 105 cm³/mol. The molecule has 2 aromatic rings. The molecule has 1 aliphatic rings. The number of benzene rings is 2. The van der Waals surface area contributed by atoms with Gasteiger partial charge in [0.25, 0.3) is 5.91 Å². The number of likely N-dealkylation sites (N-methyl/N-ethyl adjacent to an activating group) is 1. The second-order valence-electron chi connectivity index (χ2n) is 6.08. The molecule has 1 atom stereocenters. The first-order chi connectivity index (χ1) is 12.5. The summed E-state index contributed by atoms with van der Waals surface area (Å²) in [6, 6.07) is 13.1. The Bertz CT molecular complexity index is 841. The van der Waals surface area contributed by atoms with Gasteiger partial charge in [-0.25, -0.2) is 0 Å².